The lowest BCUT2D eigenvalue weighted by atomic mass is 10.0. The first-order valence-corrected chi connectivity index (χ1v) is 7.94. The molecule has 2 N–H and O–H groups in total. The number of methoxy groups -OCH3 is 1. The predicted octanol–water partition coefficient (Wildman–Crippen LogP) is 2.45. The molecule has 22 heavy (non-hydrogen) atoms. The fourth-order valence-corrected chi connectivity index (χ4v) is 2.97. The maximum atomic E-state index is 12.4. The summed E-state index contributed by atoms with van der Waals surface area (Å²) in [5.41, 5.74) is 2.10. The van der Waals surface area contributed by atoms with Gasteiger partial charge in [0.05, 0.1) is 7.11 Å². The van der Waals surface area contributed by atoms with E-state index >= 15 is 0 Å². The van der Waals surface area contributed by atoms with Gasteiger partial charge in [0.1, 0.15) is 5.75 Å². The molecule has 2 rings (SSSR count). The summed E-state index contributed by atoms with van der Waals surface area (Å²) in [6.07, 6.45) is 3.80. The molecule has 1 aliphatic heterocycles. The van der Waals surface area contributed by atoms with Gasteiger partial charge in [-0.25, -0.2) is 4.79 Å². The average Bonchev–Trinajstić information content (AvgIpc) is 2.54. The van der Waals surface area contributed by atoms with Crippen LogP contribution >= 0.6 is 0 Å². The Labute approximate surface area is 132 Å². The molecule has 122 valence electrons. The van der Waals surface area contributed by atoms with Gasteiger partial charge in [0.2, 0.25) is 0 Å². The summed E-state index contributed by atoms with van der Waals surface area (Å²) in [4.78, 5) is 14.2. The van der Waals surface area contributed by atoms with Crippen molar-refractivity contribution in [2.45, 2.75) is 45.2 Å². The number of aliphatic hydroxyl groups excluding tert-OH is 1. The van der Waals surface area contributed by atoms with E-state index in [2.05, 4.69) is 5.32 Å². The van der Waals surface area contributed by atoms with Gasteiger partial charge in [0.25, 0.3) is 0 Å². The number of amides is 2. The normalized spacial score (nSPS) is 18.1. The standard InChI is InChI=1S/C17H26N2O3/c1-13-6-7-14(11-16(13)22-2)12-18-17(21)19-9-4-3-5-15(19)8-10-20/h6-7,11,15,20H,3-5,8-10,12H2,1-2H3,(H,18,21). The zero-order chi connectivity index (χ0) is 15.9. The summed E-state index contributed by atoms with van der Waals surface area (Å²) >= 11 is 0. The van der Waals surface area contributed by atoms with Crippen LogP contribution in [0.25, 0.3) is 0 Å². The topological polar surface area (TPSA) is 61.8 Å². The van der Waals surface area contributed by atoms with Crippen LogP contribution in [-0.2, 0) is 6.54 Å². The molecule has 0 aromatic heterocycles. The molecule has 1 unspecified atom stereocenters. The van der Waals surface area contributed by atoms with Crippen molar-refractivity contribution in [2.75, 3.05) is 20.3 Å². The first-order chi connectivity index (χ1) is 10.7. The molecule has 2 amide bonds. The molecule has 1 saturated heterocycles. The maximum Gasteiger partial charge on any atom is 0.317 e. The number of piperidine rings is 1. The number of hydrogen-bond acceptors (Lipinski definition) is 3. The van der Waals surface area contributed by atoms with Gasteiger partial charge in [0.15, 0.2) is 0 Å². The van der Waals surface area contributed by atoms with E-state index in [-0.39, 0.29) is 18.7 Å². The molecule has 1 atom stereocenters. The number of aryl methyl sites for hydroxylation is 1. The van der Waals surface area contributed by atoms with Crippen LogP contribution in [0.2, 0.25) is 0 Å². The molecule has 5 nitrogen and oxygen atoms in total. The summed E-state index contributed by atoms with van der Waals surface area (Å²) in [7, 11) is 1.65. The minimum Gasteiger partial charge on any atom is -0.496 e. The van der Waals surface area contributed by atoms with E-state index in [9.17, 15) is 4.79 Å². The van der Waals surface area contributed by atoms with E-state index in [1.807, 2.05) is 30.0 Å². The van der Waals surface area contributed by atoms with Crippen LogP contribution in [0.4, 0.5) is 4.79 Å². The van der Waals surface area contributed by atoms with Crippen LogP contribution in [0.15, 0.2) is 18.2 Å². The van der Waals surface area contributed by atoms with Crippen molar-refractivity contribution in [2.24, 2.45) is 0 Å². The van der Waals surface area contributed by atoms with Crippen molar-refractivity contribution in [1.29, 1.82) is 0 Å². The number of hydrogen-bond donors (Lipinski definition) is 2. The van der Waals surface area contributed by atoms with Gasteiger partial charge in [0, 0.05) is 25.7 Å². The summed E-state index contributed by atoms with van der Waals surface area (Å²) in [6.45, 7) is 3.38. The average molecular weight is 306 g/mol. The summed E-state index contributed by atoms with van der Waals surface area (Å²) in [5.74, 6) is 0.836. The van der Waals surface area contributed by atoms with Crippen molar-refractivity contribution >= 4 is 6.03 Å². The first kappa shape index (κ1) is 16.6. The number of urea groups is 1. The van der Waals surface area contributed by atoms with Crippen LogP contribution in [0.1, 0.15) is 36.8 Å². The molecule has 1 fully saturated rings. The van der Waals surface area contributed by atoms with Crippen LogP contribution in [0, 0.1) is 6.92 Å². The van der Waals surface area contributed by atoms with Gasteiger partial charge in [-0.3, -0.25) is 0 Å². The van der Waals surface area contributed by atoms with Gasteiger partial charge < -0.3 is 20.1 Å². The van der Waals surface area contributed by atoms with E-state index in [0.29, 0.717) is 13.0 Å². The Bertz CT molecular complexity index is 503. The minimum absolute atomic E-state index is 0.0438. The molecule has 0 spiro atoms. The SMILES string of the molecule is COc1cc(CNC(=O)N2CCCCC2CCO)ccc1C. The molecule has 1 aromatic rings. The molecule has 1 heterocycles. The Morgan fingerprint density at radius 3 is 3.00 bits per heavy atom. The van der Waals surface area contributed by atoms with E-state index in [0.717, 1.165) is 42.7 Å². The van der Waals surface area contributed by atoms with E-state index in [4.69, 9.17) is 9.84 Å². The Balaban J connectivity index is 1.93. The molecule has 0 aliphatic carbocycles. The number of benzene rings is 1. The second-order valence-corrected chi connectivity index (χ2v) is 5.82. The Morgan fingerprint density at radius 1 is 1.45 bits per heavy atom. The summed E-state index contributed by atoms with van der Waals surface area (Å²) in [6, 6.07) is 6.07. The number of nitrogens with one attached hydrogen (secondary N) is 1. The number of likely N-dealkylation sites (tertiary alicyclic amines) is 1. The minimum atomic E-state index is -0.0438. The van der Waals surface area contributed by atoms with E-state index in [1.54, 1.807) is 7.11 Å². The van der Waals surface area contributed by atoms with Crippen molar-refractivity contribution in [3.8, 4) is 5.75 Å². The van der Waals surface area contributed by atoms with E-state index in [1.165, 1.54) is 0 Å². The third-order valence-corrected chi connectivity index (χ3v) is 4.27. The third kappa shape index (κ3) is 4.13. The van der Waals surface area contributed by atoms with Crippen molar-refractivity contribution in [1.82, 2.24) is 10.2 Å². The number of rotatable bonds is 5. The Morgan fingerprint density at radius 2 is 2.27 bits per heavy atom. The Kier molecular flexibility index (Phi) is 6.07. The summed E-state index contributed by atoms with van der Waals surface area (Å²) < 4.78 is 5.31. The molecule has 1 aromatic carbocycles. The zero-order valence-electron chi connectivity index (χ0n) is 13.5. The predicted molar refractivity (Wildman–Crippen MR) is 86.0 cm³/mol. The molecular weight excluding hydrogens is 280 g/mol. The van der Waals surface area contributed by atoms with Crippen LogP contribution in [0.3, 0.4) is 0 Å². The molecule has 0 radical (unpaired) electrons. The number of carbonyl (C=O) groups is 1. The molecule has 1 aliphatic rings. The smallest absolute Gasteiger partial charge is 0.317 e. The number of aliphatic hydroxyl groups is 1. The maximum absolute atomic E-state index is 12.4. The highest BCUT2D eigenvalue weighted by Crippen LogP contribution is 2.21. The lowest BCUT2D eigenvalue weighted by Crippen LogP contribution is -2.48. The van der Waals surface area contributed by atoms with Crippen LogP contribution in [0.5, 0.6) is 5.75 Å². The fraction of sp³-hybridized carbons (Fsp3) is 0.588. The van der Waals surface area contributed by atoms with Gasteiger partial charge in [-0.1, -0.05) is 12.1 Å². The van der Waals surface area contributed by atoms with Crippen LogP contribution < -0.4 is 10.1 Å². The quantitative estimate of drug-likeness (QED) is 0.878. The highest BCUT2D eigenvalue weighted by atomic mass is 16.5. The molecule has 0 saturated carbocycles. The number of carbonyl (C=O) groups excluding carboxylic acids is 1. The summed E-state index contributed by atoms with van der Waals surface area (Å²) in [5, 5.41) is 12.1. The van der Waals surface area contributed by atoms with Crippen molar-refractivity contribution in [3.63, 3.8) is 0 Å². The van der Waals surface area contributed by atoms with Gasteiger partial charge in [-0.2, -0.15) is 0 Å². The molecule has 5 heteroatoms. The number of nitrogens with zero attached hydrogens (tertiary/aromatic N) is 1. The fourth-order valence-electron chi connectivity index (χ4n) is 2.97. The van der Waals surface area contributed by atoms with E-state index < -0.39 is 0 Å². The van der Waals surface area contributed by atoms with Gasteiger partial charge in [-0.15, -0.1) is 0 Å². The van der Waals surface area contributed by atoms with Crippen molar-refractivity contribution in [3.05, 3.63) is 29.3 Å². The molecule has 0 bridgehead atoms. The van der Waals surface area contributed by atoms with Crippen LogP contribution in [-0.4, -0.2) is 42.3 Å². The Hall–Kier alpha value is -1.75. The molecular formula is C17H26N2O3. The number of ether oxygens (including phenoxy) is 1. The largest absolute Gasteiger partial charge is 0.496 e. The zero-order valence-corrected chi connectivity index (χ0v) is 13.5. The van der Waals surface area contributed by atoms with Gasteiger partial charge in [-0.05, 0) is 49.8 Å². The second-order valence-electron chi connectivity index (χ2n) is 5.82. The lowest BCUT2D eigenvalue weighted by molar-refractivity contribution is 0.131. The highest BCUT2D eigenvalue weighted by Gasteiger charge is 2.25. The first-order valence-electron chi connectivity index (χ1n) is 7.94. The highest BCUT2D eigenvalue weighted by molar-refractivity contribution is 5.74. The third-order valence-electron chi connectivity index (χ3n) is 4.27. The lowest BCUT2D eigenvalue weighted by Gasteiger charge is -2.35. The van der Waals surface area contributed by atoms with Gasteiger partial charge >= 0.3 is 6.03 Å². The second kappa shape index (κ2) is 8.03. The van der Waals surface area contributed by atoms with Crippen molar-refractivity contribution < 1.29 is 14.6 Å². The monoisotopic (exact) mass is 306 g/mol.